The second-order valence-corrected chi connectivity index (χ2v) is 5.28. The van der Waals surface area contributed by atoms with Gasteiger partial charge in [-0.3, -0.25) is 4.98 Å². The molecule has 3 nitrogen and oxygen atoms in total. The summed E-state index contributed by atoms with van der Waals surface area (Å²) in [5.41, 5.74) is 1.14. The minimum absolute atomic E-state index is 0.474. The number of unbranched alkanes of at least 4 members (excludes halogenated alkanes) is 4. The minimum atomic E-state index is 0.474. The lowest BCUT2D eigenvalue weighted by molar-refractivity contribution is 0.300. The van der Waals surface area contributed by atoms with Crippen LogP contribution in [0.25, 0.3) is 0 Å². The maximum absolute atomic E-state index is 5.87. The Balaban J connectivity index is 2.31. The summed E-state index contributed by atoms with van der Waals surface area (Å²) in [6, 6.07) is 2.44. The summed E-state index contributed by atoms with van der Waals surface area (Å²) >= 11 is 0. The van der Waals surface area contributed by atoms with Crippen LogP contribution in [0.3, 0.4) is 0 Å². The van der Waals surface area contributed by atoms with E-state index in [-0.39, 0.29) is 0 Å². The molecule has 108 valence electrons. The van der Waals surface area contributed by atoms with Gasteiger partial charge in [-0.05, 0) is 12.5 Å². The first-order valence-electron chi connectivity index (χ1n) is 7.53. The Morgan fingerprint density at radius 3 is 2.74 bits per heavy atom. The first kappa shape index (κ1) is 16.0. The van der Waals surface area contributed by atoms with Crippen molar-refractivity contribution in [1.82, 2.24) is 10.3 Å². The molecule has 0 unspecified atom stereocenters. The highest BCUT2D eigenvalue weighted by molar-refractivity contribution is 5.29. The molecule has 0 aliphatic carbocycles. The van der Waals surface area contributed by atoms with Crippen molar-refractivity contribution in [1.29, 1.82) is 0 Å². The molecule has 1 rings (SSSR count). The molecule has 1 aromatic heterocycles. The van der Waals surface area contributed by atoms with E-state index in [4.69, 9.17) is 4.74 Å². The molecule has 0 atom stereocenters. The first-order chi connectivity index (χ1) is 9.24. The molecule has 0 saturated heterocycles. The van der Waals surface area contributed by atoms with Crippen LogP contribution in [0, 0.1) is 0 Å². The van der Waals surface area contributed by atoms with Crippen LogP contribution in [0.4, 0.5) is 0 Å². The van der Waals surface area contributed by atoms with Gasteiger partial charge in [-0.15, -0.1) is 0 Å². The van der Waals surface area contributed by atoms with Crippen LogP contribution in [0.1, 0.15) is 58.4 Å². The van der Waals surface area contributed by atoms with Gasteiger partial charge in [-0.1, -0.05) is 46.5 Å². The number of nitrogens with one attached hydrogen (secondary N) is 1. The SMILES string of the molecule is CCCCCCCOc1ccncc1CNC(C)C. The normalized spacial score (nSPS) is 10.9. The Labute approximate surface area is 117 Å². The summed E-state index contributed by atoms with van der Waals surface area (Å²) in [7, 11) is 0. The van der Waals surface area contributed by atoms with E-state index in [0.29, 0.717) is 6.04 Å². The molecule has 0 spiro atoms. The molecule has 1 aromatic rings. The van der Waals surface area contributed by atoms with Gasteiger partial charge < -0.3 is 10.1 Å². The third-order valence-corrected chi connectivity index (χ3v) is 3.07. The highest BCUT2D eigenvalue weighted by Crippen LogP contribution is 2.17. The van der Waals surface area contributed by atoms with E-state index >= 15 is 0 Å². The molecule has 0 saturated carbocycles. The lowest BCUT2D eigenvalue weighted by atomic mass is 10.2. The van der Waals surface area contributed by atoms with Crippen LogP contribution >= 0.6 is 0 Å². The fourth-order valence-electron chi connectivity index (χ4n) is 1.89. The zero-order valence-electron chi connectivity index (χ0n) is 12.6. The van der Waals surface area contributed by atoms with Crippen molar-refractivity contribution in [2.75, 3.05) is 6.61 Å². The fourth-order valence-corrected chi connectivity index (χ4v) is 1.89. The number of aromatic nitrogens is 1. The van der Waals surface area contributed by atoms with Gasteiger partial charge in [0.15, 0.2) is 0 Å². The maximum Gasteiger partial charge on any atom is 0.126 e. The highest BCUT2D eigenvalue weighted by atomic mass is 16.5. The van der Waals surface area contributed by atoms with Crippen molar-refractivity contribution in [3.05, 3.63) is 24.0 Å². The van der Waals surface area contributed by atoms with Crippen molar-refractivity contribution < 1.29 is 4.74 Å². The molecule has 19 heavy (non-hydrogen) atoms. The van der Waals surface area contributed by atoms with Crippen molar-refractivity contribution in [2.24, 2.45) is 0 Å². The van der Waals surface area contributed by atoms with Crippen LogP contribution in [-0.2, 0) is 6.54 Å². The molecule has 1 N–H and O–H groups in total. The summed E-state index contributed by atoms with van der Waals surface area (Å²) < 4.78 is 5.87. The highest BCUT2D eigenvalue weighted by Gasteiger charge is 2.04. The van der Waals surface area contributed by atoms with Gasteiger partial charge in [-0.2, -0.15) is 0 Å². The third-order valence-electron chi connectivity index (χ3n) is 3.07. The van der Waals surface area contributed by atoms with Gasteiger partial charge in [0.2, 0.25) is 0 Å². The zero-order valence-corrected chi connectivity index (χ0v) is 12.6. The summed E-state index contributed by atoms with van der Waals surface area (Å²) in [5, 5.41) is 3.40. The van der Waals surface area contributed by atoms with Gasteiger partial charge in [0, 0.05) is 30.5 Å². The Bertz CT molecular complexity index is 339. The predicted octanol–water partition coefficient (Wildman–Crippen LogP) is 3.93. The summed E-state index contributed by atoms with van der Waals surface area (Å²) in [5.74, 6) is 0.971. The van der Waals surface area contributed by atoms with Crippen LogP contribution in [0.2, 0.25) is 0 Å². The monoisotopic (exact) mass is 264 g/mol. The first-order valence-corrected chi connectivity index (χ1v) is 7.53. The third kappa shape index (κ3) is 7.16. The number of rotatable bonds is 10. The quantitative estimate of drug-likeness (QED) is 0.650. The van der Waals surface area contributed by atoms with Crippen molar-refractivity contribution in [3.8, 4) is 5.75 Å². The minimum Gasteiger partial charge on any atom is -0.493 e. The molecule has 0 fully saturated rings. The summed E-state index contributed by atoms with van der Waals surface area (Å²) in [6.45, 7) is 8.15. The van der Waals surface area contributed by atoms with Gasteiger partial charge in [0.05, 0.1) is 6.61 Å². The second kappa shape index (κ2) is 9.79. The molecular formula is C16H28N2O. The van der Waals surface area contributed by atoms with E-state index in [1.165, 1.54) is 25.7 Å². The number of hydrogen-bond donors (Lipinski definition) is 1. The molecule has 3 heteroatoms. The van der Waals surface area contributed by atoms with Crippen LogP contribution in [0.5, 0.6) is 5.75 Å². The average molecular weight is 264 g/mol. The number of pyridine rings is 1. The van der Waals surface area contributed by atoms with E-state index in [1.54, 1.807) is 6.20 Å². The number of ether oxygens (including phenoxy) is 1. The number of nitrogens with zero attached hydrogens (tertiary/aromatic N) is 1. The molecule has 0 bridgehead atoms. The van der Waals surface area contributed by atoms with Gasteiger partial charge in [0.1, 0.15) is 5.75 Å². The Kier molecular flexibility index (Phi) is 8.23. The molecule has 0 radical (unpaired) electrons. The van der Waals surface area contributed by atoms with Crippen molar-refractivity contribution in [3.63, 3.8) is 0 Å². The van der Waals surface area contributed by atoms with Gasteiger partial charge >= 0.3 is 0 Å². The number of hydrogen-bond acceptors (Lipinski definition) is 3. The predicted molar refractivity (Wildman–Crippen MR) is 80.5 cm³/mol. The van der Waals surface area contributed by atoms with E-state index < -0.39 is 0 Å². The smallest absolute Gasteiger partial charge is 0.126 e. The maximum atomic E-state index is 5.87. The molecule has 0 aliphatic rings. The Morgan fingerprint density at radius 2 is 2.00 bits per heavy atom. The molecule has 0 amide bonds. The molecule has 0 aromatic carbocycles. The van der Waals surface area contributed by atoms with Gasteiger partial charge in [-0.25, -0.2) is 0 Å². The zero-order chi connectivity index (χ0) is 13.9. The summed E-state index contributed by atoms with van der Waals surface area (Å²) in [6.07, 6.45) is 10.0. The van der Waals surface area contributed by atoms with Gasteiger partial charge in [0.25, 0.3) is 0 Å². The van der Waals surface area contributed by atoms with E-state index in [0.717, 1.165) is 30.9 Å². The lowest BCUT2D eigenvalue weighted by Gasteiger charge is -2.13. The van der Waals surface area contributed by atoms with Crippen molar-refractivity contribution in [2.45, 2.75) is 65.5 Å². The largest absolute Gasteiger partial charge is 0.493 e. The summed E-state index contributed by atoms with van der Waals surface area (Å²) in [4.78, 5) is 4.17. The van der Waals surface area contributed by atoms with Crippen molar-refractivity contribution >= 4 is 0 Å². The van der Waals surface area contributed by atoms with Crippen LogP contribution in [0.15, 0.2) is 18.5 Å². The Morgan fingerprint density at radius 1 is 1.21 bits per heavy atom. The fraction of sp³-hybridized carbons (Fsp3) is 0.688. The topological polar surface area (TPSA) is 34.1 Å². The van der Waals surface area contributed by atoms with E-state index in [9.17, 15) is 0 Å². The molecule has 1 heterocycles. The standard InChI is InChI=1S/C16H28N2O/c1-4-5-6-7-8-11-19-16-9-10-17-12-15(16)13-18-14(2)3/h9-10,12,14,18H,4-8,11,13H2,1-3H3. The molecular weight excluding hydrogens is 236 g/mol. The molecule has 0 aliphatic heterocycles. The van der Waals surface area contributed by atoms with E-state index in [1.807, 2.05) is 12.3 Å². The van der Waals surface area contributed by atoms with Crippen LogP contribution in [-0.4, -0.2) is 17.6 Å². The average Bonchev–Trinajstić information content (AvgIpc) is 2.41. The second-order valence-electron chi connectivity index (χ2n) is 5.28. The Hall–Kier alpha value is -1.09. The van der Waals surface area contributed by atoms with E-state index in [2.05, 4.69) is 31.1 Å². The van der Waals surface area contributed by atoms with Crippen LogP contribution < -0.4 is 10.1 Å². The lowest BCUT2D eigenvalue weighted by Crippen LogP contribution is -2.22.